The summed E-state index contributed by atoms with van der Waals surface area (Å²) >= 11 is 7.10. The molecule has 0 aliphatic rings. The van der Waals surface area contributed by atoms with Crippen LogP contribution in [-0.4, -0.2) is 24.3 Å². The average Bonchev–Trinajstić information content (AvgIpc) is 3.01. The molecule has 0 fully saturated rings. The van der Waals surface area contributed by atoms with Crippen molar-refractivity contribution in [1.29, 1.82) is 0 Å². The molecule has 3 aromatic heterocycles. The average molecular weight is 293 g/mol. The van der Waals surface area contributed by atoms with Crippen molar-refractivity contribution >= 4 is 34.7 Å². The van der Waals surface area contributed by atoms with E-state index in [0.29, 0.717) is 0 Å². The Morgan fingerprint density at radius 2 is 2.16 bits per heavy atom. The van der Waals surface area contributed by atoms with Gasteiger partial charge in [-0.3, -0.25) is 4.57 Å². The van der Waals surface area contributed by atoms with E-state index in [0.717, 1.165) is 40.4 Å². The van der Waals surface area contributed by atoms with Crippen molar-refractivity contribution < 1.29 is 0 Å². The number of aryl methyl sites for hydroxylation is 3. The second-order valence-corrected chi connectivity index (χ2v) is 5.80. The van der Waals surface area contributed by atoms with E-state index in [1.165, 1.54) is 4.88 Å². The van der Waals surface area contributed by atoms with Gasteiger partial charge in [-0.15, -0.1) is 11.3 Å². The maximum absolute atomic E-state index is 5.44. The molecule has 0 saturated carbocycles. The quantitative estimate of drug-likeness (QED) is 0.755. The minimum absolute atomic E-state index is 0.741. The highest BCUT2D eigenvalue weighted by Crippen LogP contribution is 2.21. The van der Waals surface area contributed by atoms with Crippen LogP contribution in [0.1, 0.15) is 23.2 Å². The zero-order valence-corrected chi connectivity index (χ0v) is 12.7. The number of hydrogen-bond donors (Lipinski definition) is 1. The lowest BCUT2D eigenvalue weighted by Gasteiger charge is -2.05. The van der Waals surface area contributed by atoms with Gasteiger partial charge >= 0.3 is 0 Å². The second kappa shape index (κ2) is 4.57. The summed E-state index contributed by atoms with van der Waals surface area (Å²) in [6.45, 7) is 7.70. The zero-order valence-electron chi connectivity index (χ0n) is 11.1. The minimum Gasteiger partial charge on any atom is -0.328 e. The van der Waals surface area contributed by atoms with E-state index in [2.05, 4.69) is 26.6 Å². The third-order valence-corrected chi connectivity index (χ3v) is 4.52. The van der Waals surface area contributed by atoms with Gasteiger partial charge in [-0.2, -0.15) is 5.10 Å². The molecule has 3 aromatic rings. The van der Waals surface area contributed by atoms with Crippen LogP contribution in [-0.2, 0) is 13.1 Å². The highest BCUT2D eigenvalue weighted by molar-refractivity contribution is 7.71. The molecule has 0 aromatic carbocycles. The first-order valence-electron chi connectivity index (χ1n) is 6.16. The summed E-state index contributed by atoms with van der Waals surface area (Å²) in [5.41, 5.74) is 6.04. The predicted octanol–water partition coefficient (Wildman–Crippen LogP) is 3.04. The molecule has 0 bridgehead atoms. The molecule has 0 aliphatic heterocycles. The summed E-state index contributed by atoms with van der Waals surface area (Å²) < 4.78 is 4.84. The van der Waals surface area contributed by atoms with Crippen molar-refractivity contribution in [3.8, 4) is 0 Å². The smallest absolute Gasteiger partial charge is 0.179 e. The third-order valence-electron chi connectivity index (χ3n) is 3.28. The van der Waals surface area contributed by atoms with Gasteiger partial charge in [0, 0.05) is 11.4 Å². The predicted molar refractivity (Wildman–Crippen MR) is 79.3 cm³/mol. The topological polar surface area (TPSA) is 51.4 Å². The molecule has 1 N–H and O–H groups in total. The number of imidazole rings is 1. The van der Waals surface area contributed by atoms with E-state index < -0.39 is 0 Å². The molecule has 0 aliphatic carbocycles. The molecular formula is C12H15N5S2. The Labute approximate surface area is 119 Å². The van der Waals surface area contributed by atoms with Gasteiger partial charge in [-0.1, -0.05) is 0 Å². The van der Waals surface area contributed by atoms with Crippen molar-refractivity contribution in [3.63, 3.8) is 0 Å². The summed E-state index contributed by atoms with van der Waals surface area (Å²) in [6.07, 6.45) is 0. The van der Waals surface area contributed by atoms with Crippen LogP contribution >= 0.6 is 23.6 Å². The van der Waals surface area contributed by atoms with Crippen LogP contribution < -0.4 is 0 Å². The highest BCUT2D eigenvalue weighted by Gasteiger charge is 2.15. The van der Waals surface area contributed by atoms with Gasteiger partial charge in [0.1, 0.15) is 5.52 Å². The van der Waals surface area contributed by atoms with E-state index in [4.69, 9.17) is 12.2 Å². The fourth-order valence-electron chi connectivity index (χ4n) is 2.25. The second-order valence-electron chi connectivity index (χ2n) is 4.48. The van der Waals surface area contributed by atoms with Crippen LogP contribution in [0, 0.1) is 18.6 Å². The van der Waals surface area contributed by atoms with Crippen molar-refractivity contribution in [1.82, 2.24) is 24.3 Å². The molecule has 19 heavy (non-hydrogen) atoms. The van der Waals surface area contributed by atoms with Crippen LogP contribution in [0.25, 0.3) is 11.2 Å². The van der Waals surface area contributed by atoms with Gasteiger partial charge in [-0.25, -0.2) is 9.67 Å². The minimum atomic E-state index is 0.741. The Bertz CT molecular complexity index is 789. The fourth-order valence-corrected chi connectivity index (χ4v) is 3.27. The summed E-state index contributed by atoms with van der Waals surface area (Å²) in [5.74, 6) is 0. The van der Waals surface area contributed by atoms with E-state index in [-0.39, 0.29) is 0 Å². The molecule has 5 nitrogen and oxygen atoms in total. The number of H-pyrrole nitrogens is 1. The Balaban J connectivity index is 2.20. The number of nitrogens with zero attached hydrogens (tertiary/aromatic N) is 4. The lowest BCUT2D eigenvalue weighted by molar-refractivity contribution is 0.644. The normalized spacial score (nSPS) is 11.5. The summed E-state index contributed by atoms with van der Waals surface area (Å²) in [5, 5.41) is 4.53. The van der Waals surface area contributed by atoms with Crippen molar-refractivity contribution in [2.75, 3.05) is 0 Å². The Kier molecular flexibility index (Phi) is 3.02. The zero-order chi connectivity index (χ0) is 13.6. The van der Waals surface area contributed by atoms with Crippen LogP contribution in [0.15, 0.2) is 5.51 Å². The highest BCUT2D eigenvalue weighted by atomic mass is 32.1. The van der Waals surface area contributed by atoms with Gasteiger partial charge in [0.05, 0.1) is 23.4 Å². The molecule has 3 rings (SSSR count). The van der Waals surface area contributed by atoms with Gasteiger partial charge in [0.25, 0.3) is 0 Å². The van der Waals surface area contributed by atoms with Gasteiger partial charge in [0.15, 0.2) is 10.4 Å². The maximum Gasteiger partial charge on any atom is 0.179 e. The number of aromatic amines is 1. The lowest BCUT2D eigenvalue weighted by Crippen LogP contribution is -2.06. The van der Waals surface area contributed by atoms with Crippen molar-refractivity contribution in [3.05, 3.63) is 26.5 Å². The van der Waals surface area contributed by atoms with Crippen molar-refractivity contribution in [2.45, 2.75) is 33.9 Å². The fraction of sp³-hybridized carbons (Fsp3) is 0.417. The first-order chi connectivity index (χ1) is 9.11. The van der Waals surface area contributed by atoms with Crippen LogP contribution in [0.4, 0.5) is 0 Å². The Hall–Kier alpha value is -1.47. The molecule has 100 valence electrons. The number of nitrogens with one attached hydrogen (secondary N) is 1. The standard InChI is InChI=1S/C12H15N5S2/c1-4-17-11-10(8(3)15-17)14-12(18)16(11)5-9-7(2)13-6-19-9/h6H,4-5H2,1-3H3,(H,14,18). The number of fused-ring (bicyclic) bond motifs is 1. The summed E-state index contributed by atoms with van der Waals surface area (Å²) in [4.78, 5) is 8.79. The molecule has 0 amide bonds. The first-order valence-corrected chi connectivity index (χ1v) is 7.45. The molecule has 0 radical (unpaired) electrons. The molecule has 0 spiro atoms. The van der Waals surface area contributed by atoms with Crippen LogP contribution in [0.5, 0.6) is 0 Å². The van der Waals surface area contributed by atoms with E-state index in [1.54, 1.807) is 11.3 Å². The Morgan fingerprint density at radius 3 is 2.79 bits per heavy atom. The SMILES string of the molecule is CCn1nc(C)c2[nH]c(=S)n(Cc3scnc3C)c21. The molecule has 3 heterocycles. The summed E-state index contributed by atoms with van der Waals surface area (Å²) in [7, 11) is 0. The molecular weight excluding hydrogens is 278 g/mol. The number of thiazole rings is 1. The molecule has 0 atom stereocenters. The van der Waals surface area contributed by atoms with Gasteiger partial charge < -0.3 is 4.98 Å². The molecule has 7 heteroatoms. The number of hydrogen-bond acceptors (Lipinski definition) is 4. The van der Waals surface area contributed by atoms with Crippen LogP contribution in [0.3, 0.4) is 0 Å². The first kappa shape index (κ1) is 12.6. The summed E-state index contributed by atoms with van der Waals surface area (Å²) in [6, 6.07) is 0. The van der Waals surface area contributed by atoms with Crippen molar-refractivity contribution in [2.24, 2.45) is 0 Å². The van der Waals surface area contributed by atoms with E-state index >= 15 is 0 Å². The van der Waals surface area contributed by atoms with Crippen LogP contribution in [0.2, 0.25) is 0 Å². The van der Waals surface area contributed by atoms with E-state index in [1.807, 2.05) is 24.0 Å². The largest absolute Gasteiger partial charge is 0.328 e. The molecule has 0 unspecified atom stereocenters. The van der Waals surface area contributed by atoms with Gasteiger partial charge in [0.2, 0.25) is 0 Å². The monoisotopic (exact) mass is 293 g/mol. The number of rotatable bonds is 3. The van der Waals surface area contributed by atoms with E-state index in [9.17, 15) is 0 Å². The maximum atomic E-state index is 5.44. The Morgan fingerprint density at radius 1 is 1.37 bits per heavy atom. The third kappa shape index (κ3) is 1.93. The van der Waals surface area contributed by atoms with Gasteiger partial charge in [-0.05, 0) is 33.0 Å². The molecule has 0 saturated heterocycles. The number of aromatic nitrogens is 5. The lowest BCUT2D eigenvalue weighted by atomic mass is 10.4.